The Hall–Kier alpha value is -0.140. The lowest BCUT2D eigenvalue weighted by atomic mass is 9.99. The van der Waals surface area contributed by atoms with Crippen molar-refractivity contribution >= 4 is 0 Å². The van der Waals surface area contributed by atoms with Gasteiger partial charge >= 0.3 is 0 Å². The summed E-state index contributed by atoms with van der Waals surface area (Å²) in [5.74, 6) is -0.0463. The summed E-state index contributed by atoms with van der Waals surface area (Å²) in [4.78, 5) is 0. The number of hydrogen-bond acceptors (Lipinski definition) is 0. The summed E-state index contributed by atoms with van der Waals surface area (Å²) in [6, 6.07) is 0. The molecular weight excluding hydrogens is 146 g/mol. The third-order valence-electron chi connectivity index (χ3n) is 2.25. The highest BCUT2D eigenvalue weighted by Crippen LogP contribution is 2.35. The minimum absolute atomic E-state index is 0.255. The number of alkyl halides is 2. The highest BCUT2D eigenvalue weighted by molar-refractivity contribution is 4.75. The molecule has 0 nitrogen and oxygen atoms in total. The van der Waals surface area contributed by atoms with Gasteiger partial charge in [-0.1, -0.05) is 33.6 Å². The van der Waals surface area contributed by atoms with Gasteiger partial charge in [0.15, 0.2) is 0 Å². The van der Waals surface area contributed by atoms with Crippen LogP contribution in [0.1, 0.15) is 40.0 Å². The Labute approximate surface area is 68.0 Å². The van der Waals surface area contributed by atoms with Crippen LogP contribution < -0.4 is 0 Å². The van der Waals surface area contributed by atoms with E-state index in [9.17, 15) is 8.78 Å². The molecule has 0 amide bonds. The summed E-state index contributed by atoms with van der Waals surface area (Å²) in [5, 5.41) is 0. The van der Waals surface area contributed by atoms with Gasteiger partial charge in [0.25, 0.3) is 0 Å². The van der Waals surface area contributed by atoms with Crippen LogP contribution >= 0.6 is 0 Å². The second kappa shape index (κ2) is 5.50. The highest BCUT2D eigenvalue weighted by Gasteiger charge is 2.30. The van der Waals surface area contributed by atoms with Crippen molar-refractivity contribution in [2.45, 2.75) is 46.5 Å². The minimum Gasteiger partial charge on any atom is -0.210 e. The molecule has 0 aromatic rings. The minimum atomic E-state index is -2.08. The first-order valence-electron chi connectivity index (χ1n) is 4.50. The topological polar surface area (TPSA) is 0 Å². The van der Waals surface area contributed by atoms with Crippen molar-refractivity contribution in [1.29, 1.82) is 0 Å². The highest BCUT2D eigenvalue weighted by atomic mass is 19.3. The Morgan fingerprint density at radius 3 is 1.91 bits per heavy atom. The van der Waals surface area contributed by atoms with Gasteiger partial charge in [0.1, 0.15) is 0 Å². The summed E-state index contributed by atoms with van der Waals surface area (Å²) < 4.78 is 24.0. The van der Waals surface area contributed by atoms with E-state index in [1.54, 1.807) is 0 Å². The number of hydrogen-bond donors (Lipinski definition) is 0. The maximum absolute atomic E-state index is 12.0. The molecule has 0 aromatic carbocycles. The van der Waals surface area contributed by atoms with Crippen molar-refractivity contribution in [3.63, 3.8) is 0 Å². The molecule has 2 heteroatoms. The molecule has 0 bridgehead atoms. The van der Waals surface area contributed by atoms with Crippen molar-refractivity contribution in [3.05, 3.63) is 0 Å². The zero-order valence-electron chi connectivity index (χ0n) is 7.61. The van der Waals surface area contributed by atoms with E-state index in [1.165, 1.54) is 0 Å². The fourth-order valence-corrected chi connectivity index (χ4v) is 1.55. The van der Waals surface area contributed by atoms with E-state index in [0.29, 0.717) is 0 Å². The fraction of sp³-hybridized carbons (Fsp3) is 1.00. The molecule has 0 saturated heterocycles. The zero-order chi connectivity index (χ0) is 8.85. The predicted octanol–water partition coefficient (Wildman–Crippen LogP) is 3.71. The van der Waals surface area contributed by atoms with Crippen LogP contribution in [-0.4, -0.2) is 6.43 Å². The number of halogens is 2. The lowest BCUT2D eigenvalue weighted by molar-refractivity contribution is 0.0605. The Kier molecular flexibility index (Phi) is 5.43. The molecule has 0 aliphatic heterocycles. The van der Waals surface area contributed by atoms with Crippen LogP contribution in [-0.2, 0) is 0 Å². The average Bonchev–Trinajstić information content (AvgIpc) is 2.39. The predicted molar refractivity (Wildman–Crippen MR) is 43.9 cm³/mol. The molecule has 2 unspecified atom stereocenters. The van der Waals surface area contributed by atoms with E-state index in [0.717, 1.165) is 19.3 Å². The molecule has 0 radical (unpaired) electrons. The molecule has 1 fully saturated rings. The fourth-order valence-electron chi connectivity index (χ4n) is 1.55. The lowest BCUT2D eigenvalue weighted by Crippen LogP contribution is -2.13. The summed E-state index contributed by atoms with van der Waals surface area (Å²) in [5.41, 5.74) is 0. The maximum atomic E-state index is 12.0. The van der Waals surface area contributed by atoms with Gasteiger partial charge < -0.3 is 0 Å². The molecule has 0 aromatic heterocycles. The molecule has 1 saturated carbocycles. The second-order valence-corrected chi connectivity index (χ2v) is 2.91. The standard InChI is InChI=1S/C7H12F2.C2H6/c1-5-3-2-4-6(5)7(8)9;1-2/h5-7H,2-4H2,1H3;1-2H3. The SMILES string of the molecule is CC.CC1CCCC1C(F)F. The Morgan fingerprint density at radius 2 is 1.73 bits per heavy atom. The van der Waals surface area contributed by atoms with Gasteiger partial charge in [0.05, 0.1) is 0 Å². The van der Waals surface area contributed by atoms with Crippen LogP contribution in [0.15, 0.2) is 0 Å². The Morgan fingerprint density at radius 1 is 1.18 bits per heavy atom. The van der Waals surface area contributed by atoms with Crippen molar-refractivity contribution in [1.82, 2.24) is 0 Å². The summed E-state index contributed by atoms with van der Waals surface area (Å²) in [6.45, 7) is 5.92. The van der Waals surface area contributed by atoms with Crippen molar-refractivity contribution in [2.75, 3.05) is 0 Å². The van der Waals surface area contributed by atoms with E-state index in [2.05, 4.69) is 0 Å². The summed E-state index contributed by atoms with van der Waals surface area (Å²) >= 11 is 0. The van der Waals surface area contributed by atoms with Gasteiger partial charge in [-0.15, -0.1) is 0 Å². The van der Waals surface area contributed by atoms with Crippen LogP contribution in [0.3, 0.4) is 0 Å². The normalized spacial score (nSPS) is 30.0. The van der Waals surface area contributed by atoms with Crippen LogP contribution in [0, 0.1) is 11.8 Å². The quantitative estimate of drug-likeness (QED) is 0.554. The van der Waals surface area contributed by atoms with Gasteiger partial charge in [-0.2, -0.15) is 0 Å². The van der Waals surface area contributed by atoms with Crippen LogP contribution in [0.5, 0.6) is 0 Å². The molecule has 1 aliphatic rings. The molecular formula is C9H18F2. The van der Waals surface area contributed by atoms with Gasteiger partial charge in [-0.3, -0.25) is 0 Å². The lowest BCUT2D eigenvalue weighted by Gasteiger charge is -2.12. The van der Waals surface area contributed by atoms with Crippen molar-refractivity contribution in [2.24, 2.45) is 11.8 Å². The molecule has 1 rings (SSSR count). The first-order chi connectivity index (χ1) is 5.22. The molecule has 0 spiro atoms. The maximum Gasteiger partial charge on any atom is 0.241 e. The largest absolute Gasteiger partial charge is 0.241 e. The van der Waals surface area contributed by atoms with Gasteiger partial charge in [-0.05, 0) is 12.3 Å². The molecule has 1 aliphatic carbocycles. The van der Waals surface area contributed by atoms with E-state index in [-0.39, 0.29) is 11.8 Å². The van der Waals surface area contributed by atoms with Crippen LogP contribution in [0.4, 0.5) is 8.78 Å². The van der Waals surface area contributed by atoms with Gasteiger partial charge in [-0.25, -0.2) is 8.78 Å². The number of rotatable bonds is 1. The molecule has 11 heavy (non-hydrogen) atoms. The molecule has 68 valence electrons. The Bertz CT molecular complexity index is 91.6. The van der Waals surface area contributed by atoms with E-state index >= 15 is 0 Å². The van der Waals surface area contributed by atoms with Crippen LogP contribution in [0.2, 0.25) is 0 Å². The summed E-state index contributed by atoms with van der Waals surface area (Å²) in [7, 11) is 0. The van der Waals surface area contributed by atoms with Gasteiger partial charge in [0, 0.05) is 5.92 Å². The first kappa shape index (κ1) is 10.9. The average molecular weight is 164 g/mol. The van der Waals surface area contributed by atoms with Crippen molar-refractivity contribution < 1.29 is 8.78 Å². The molecule has 0 N–H and O–H groups in total. The third-order valence-corrected chi connectivity index (χ3v) is 2.25. The van der Waals surface area contributed by atoms with Crippen molar-refractivity contribution in [3.8, 4) is 0 Å². The monoisotopic (exact) mass is 164 g/mol. The van der Waals surface area contributed by atoms with E-state index < -0.39 is 6.43 Å². The Balaban J connectivity index is 0.000000461. The molecule has 2 atom stereocenters. The summed E-state index contributed by atoms with van der Waals surface area (Å²) in [6.07, 6.45) is 0.645. The van der Waals surface area contributed by atoms with Gasteiger partial charge in [0.2, 0.25) is 6.43 Å². The zero-order valence-corrected chi connectivity index (χ0v) is 7.61. The van der Waals surface area contributed by atoms with E-state index in [4.69, 9.17) is 0 Å². The van der Waals surface area contributed by atoms with Crippen LogP contribution in [0.25, 0.3) is 0 Å². The van der Waals surface area contributed by atoms with E-state index in [1.807, 2.05) is 20.8 Å². The first-order valence-corrected chi connectivity index (χ1v) is 4.50. The second-order valence-electron chi connectivity index (χ2n) is 2.91. The third kappa shape index (κ3) is 3.17. The molecule has 0 heterocycles. The smallest absolute Gasteiger partial charge is 0.210 e.